The van der Waals surface area contributed by atoms with Gasteiger partial charge in [-0.3, -0.25) is 4.79 Å². The summed E-state index contributed by atoms with van der Waals surface area (Å²) in [4.78, 5) is 13.7. The Balaban J connectivity index is 1.72. The minimum Gasteiger partial charge on any atom is -0.493 e. The van der Waals surface area contributed by atoms with Crippen LogP contribution in [0.15, 0.2) is 18.2 Å². The van der Waals surface area contributed by atoms with Crippen molar-refractivity contribution in [3.8, 4) is 5.75 Å². The van der Waals surface area contributed by atoms with E-state index >= 15 is 0 Å². The molecule has 20 heavy (non-hydrogen) atoms. The number of likely N-dealkylation sites (tertiary alicyclic amines) is 1. The topological polar surface area (TPSA) is 41.6 Å². The number of benzene rings is 1. The fourth-order valence-electron chi connectivity index (χ4n) is 3.16. The third kappa shape index (κ3) is 2.96. The largest absolute Gasteiger partial charge is 0.493 e. The molecule has 1 atom stereocenters. The van der Waals surface area contributed by atoms with E-state index in [1.807, 2.05) is 12.1 Å². The highest BCUT2D eigenvalue weighted by Gasteiger charge is 2.27. The van der Waals surface area contributed by atoms with Crippen LogP contribution in [0, 0.1) is 0 Å². The Morgan fingerprint density at radius 2 is 2.15 bits per heavy atom. The van der Waals surface area contributed by atoms with Crippen molar-refractivity contribution in [2.75, 3.05) is 31.6 Å². The van der Waals surface area contributed by atoms with Gasteiger partial charge in [-0.15, -0.1) is 0 Å². The Kier molecular flexibility index (Phi) is 3.92. The number of anilines is 1. The highest BCUT2D eigenvalue weighted by atomic mass is 16.5. The molecule has 1 fully saturated rings. The van der Waals surface area contributed by atoms with E-state index in [0.717, 1.165) is 24.6 Å². The molecule has 1 aromatic rings. The number of fused-ring (bicyclic) bond motifs is 1. The fourth-order valence-corrected chi connectivity index (χ4v) is 3.16. The number of nitrogens with zero attached hydrogens (tertiary/aromatic N) is 1. The summed E-state index contributed by atoms with van der Waals surface area (Å²) in [5, 5.41) is 2.85. The first-order chi connectivity index (χ1) is 9.72. The van der Waals surface area contributed by atoms with Crippen molar-refractivity contribution in [1.82, 2.24) is 4.90 Å². The Bertz CT molecular complexity index is 495. The molecule has 2 aliphatic rings. The van der Waals surface area contributed by atoms with Gasteiger partial charge in [0.15, 0.2) is 0 Å². The van der Waals surface area contributed by atoms with Crippen LogP contribution in [-0.4, -0.2) is 37.0 Å². The van der Waals surface area contributed by atoms with E-state index in [-0.39, 0.29) is 5.91 Å². The van der Waals surface area contributed by atoms with Crippen molar-refractivity contribution in [2.45, 2.75) is 32.1 Å². The van der Waals surface area contributed by atoms with Crippen LogP contribution < -0.4 is 10.1 Å². The predicted octanol–water partition coefficient (Wildman–Crippen LogP) is 2.61. The van der Waals surface area contributed by atoms with Crippen LogP contribution in [0.5, 0.6) is 5.75 Å². The summed E-state index contributed by atoms with van der Waals surface area (Å²) in [6, 6.07) is 5.94. The van der Waals surface area contributed by atoms with Gasteiger partial charge in [-0.05, 0) is 44.1 Å². The Labute approximate surface area is 120 Å². The van der Waals surface area contributed by atoms with Crippen LogP contribution in [0.25, 0.3) is 0 Å². The first-order valence-corrected chi connectivity index (χ1v) is 7.49. The Morgan fingerprint density at radius 1 is 1.35 bits per heavy atom. The summed E-state index contributed by atoms with van der Waals surface area (Å²) in [6.45, 7) is 5.77. The number of nitrogens with one attached hydrogen (secondary N) is 1. The highest BCUT2D eigenvalue weighted by Crippen LogP contribution is 2.36. The lowest BCUT2D eigenvalue weighted by Crippen LogP contribution is -2.33. The lowest BCUT2D eigenvalue weighted by atomic mass is 9.99. The molecule has 1 unspecified atom stereocenters. The Hall–Kier alpha value is -1.55. The molecule has 0 aromatic heterocycles. The minimum atomic E-state index is -0.0311. The molecule has 0 radical (unpaired) electrons. The van der Waals surface area contributed by atoms with Gasteiger partial charge in [0, 0.05) is 30.6 Å². The van der Waals surface area contributed by atoms with Gasteiger partial charge in [0.05, 0.1) is 6.61 Å². The van der Waals surface area contributed by atoms with Crippen LogP contribution in [0.2, 0.25) is 0 Å². The average Bonchev–Trinajstić information content (AvgIpc) is 2.82. The summed E-state index contributed by atoms with van der Waals surface area (Å²) in [5.74, 6) is 1.37. The SMILES string of the molecule is CC(=O)Nc1ccc2c(c1)C(CN1CCCCC1)CO2. The summed E-state index contributed by atoms with van der Waals surface area (Å²) < 4.78 is 5.77. The summed E-state index contributed by atoms with van der Waals surface area (Å²) in [7, 11) is 0. The molecule has 0 bridgehead atoms. The fraction of sp³-hybridized carbons (Fsp3) is 0.562. The number of piperidine rings is 1. The molecule has 0 spiro atoms. The minimum absolute atomic E-state index is 0.0311. The molecule has 0 aliphatic carbocycles. The molecule has 2 heterocycles. The molecule has 4 heteroatoms. The number of amides is 1. The number of hydrogen-bond acceptors (Lipinski definition) is 3. The molecule has 1 N–H and O–H groups in total. The maximum atomic E-state index is 11.2. The van der Waals surface area contributed by atoms with E-state index < -0.39 is 0 Å². The van der Waals surface area contributed by atoms with Crippen LogP contribution in [0.1, 0.15) is 37.7 Å². The van der Waals surface area contributed by atoms with Crippen molar-refractivity contribution in [3.05, 3.63) is 23.8 Å². The highest BCUT2D eigenvalue weighted by molar-refractivity contribution is 5.88. The van der Waals surface area contributed by atoms with Gasteiger partial charge in [0.25, 0.3) is 0 Å². The van der Waals surface area contributed by atoms with Crippen molar-refractivity contribution in [2.24, 2.45) is 0 Å². The second-order valence-electron chi connectivity index (χ2n) is 5.80. The molecular weight excluding hydrogens is 252 g/mol. The lowest BCUT2D eigenvalue weighted by Gasteiger charge is -2.28. The zero-order valence-electron chi connectivity index (χ0n) is 12.0. The van der Waals surface area contributed by atoms with Crippen LogP contribution in [0.4, 0.5) is 5.69 Å². The second-order valence-corrected chi connectivity index (χ2v) is 5.80. The third-order valence-electron chi connectivity index (χ3n) is 4.14. The predicted molar refractivity (Wildman–Crippen MR) is 79.3 cm³/mol. The first kappa shape index (κ1) is 13.4. The lowest BCUT2D eigenvalue weighted by molar-refractivity contribution is -0.114. The molecule has 1 saturated heterocycles. The summed E-state index contributed by atoms with van der Waals surface area (Å²) in [5.41, 5.74) is 2.10. The monoisotopic (exact) mass is 274 g/mol. The summed E-state index contributed by atoms with van der Waals surface area (Å²) in [6.07, 6.45) is 3.99. The second kappa shape index (κ2) is 5.83. The molecule has 1 amide bonds. The quantitative estimate of drug-likeness (QED) is 0.921. The van der Waals surface area contributed by atoms with Crippen LogP contribution in [-0.2, 0) is 4.79 Å². The number of ether oxygens (including phenoxy) is 1. The molecule has 108 valence electrons. The van der Waals surface area contributed by atoms with E-state index in [0.29, 0.717) is 5.92 Å². The van der Waals surface area contributed by atoms with Crippen molar-refractivity contribution in [3.63, 3.8) is 0 Å². The van der Waals surface area contributed by atoms with E-state index in [2.05, 4.69) is 16.3 Å². The van der Waals surface area contributed by atoms with Gasteiger partial charge in [-0.25, -0.2) is 0 Å². The van der Waals surface area contributed by atoms with Crippen molar-refractivity contribution >= 4 is 11.6 Å². The standard InChI is InChI=1S/C16H22N2O2/c1-12(19)17-14-5-6-16-15(9-14)13(11-20-16)10-18-7-3-2-4-8-18/h5-6,9,13H,2-4,7-8,10-11H2,1H3,(H,17,19). The van der Waals surface area contributed by atoms with Gasteiger partial charge < -0.3 is 15.0 Å². The van der Waals surface area contributed by atoms with E-state index in [9.17, 15) is 4.79 Å². The molecule has 2 aliphatic heterocycles. The maximum Gasteiger partial charge on any atom is 0.221 e. The first-order valence-electron chi connectivity index (χ1n) is 7.49. The Morgan fingerprint density at radius 3 is 2.90 bits per heavy atom. The van der Waals surface area contributed by atoms with E-state index in [1.165, 1.54) is 44.8 Å². The van der Waals surface area contributed by atoms with Gasteiger partial charge >= 0.3 is 0 Å². The van der Waals surface area contributed by atoms with Gasteiger partial charge in [0.2, 0.25) is 5.91 Å². The smallest absolute Gasteiger partial charge is 0.221 e. The van der Waals surface area contributed by atoms with Crippen LogP contribution in [0.3, 0.4) is 0 Å². The van der Waals surface area contributed by atoms with Crippen molar-refractivity contribution < 1.29 is 9.53 Å². The van der Waals surface area contributed by atoms with Gasteiger partial charge in [-0.1, -0.05) is 6.42 Å². The third-order valence-corrected chi connectivity index (χ3v) is 4.14. The molecule has 3 rings (SSSR count). The number of carbonyl (C=O) groups is 1. The zero-order chi connectivity index (χ0) is 13.9. The van der Waals surface area contributed by atoms with Crippen LogP contribution >= 0.6 is 0 Å². The van der Waals surface area contributed by atoms with Crippen molar-refractivity contribution in [1.29, 1.82) is 0 Å². The molecule has 4 nitrogen and oxygen atoms in total. The van der Waals surface area contributed by atoms with E-state index in [1.54, 1.807) is 0 Å². The number of carbonyl (C=O) groups excluding carboxylic acids is 1. The molecular formula is C16H22N2O2. The zero-order valence-corrected chi connectivity index (χ0v) is 12.0. The average molecular weight is 274 g/mol. The number of rotatable bonds is 3. The van der Waals surface area contributed by atoms with Gasteiger partial charge in [-0.2, -0.15) is 0 Å². The number of hydrogen-bond donors (Lipinski definition) is 1. The molecule has 0 saturated carbocycles. The maximum absolute atomic E-state index is 11.2. The normalized spacial score (nSPS) is 22.1. The summed E-state index contributed by atoms with van der Waals surface area (Å²) >= 11 is 0. The van der Waals surface area contributed by atoms with Gasteiger partial charge in [0.1, 0.15) is 5.75 Å². The molecule has 1 aromatic carbocycles. The van der Waals surface area contributed by atoms with E-state index in [4.69, 9.17) is 4.74 Å².